The van der Waals surface area contributed by atoms with Gasteiger partial charge >= 0.3 is 0 Å². The quantitative estimate of drug-likeness (QED) is 0.901. The molecule has 25 heavy (non-hydrogen) atoms. The average Bonchev–Trinajstić information content (AvgIpc) is 2.62. The van der Waals surface area contributed by atoms with Crippen LogP contribution >= 0.6 is 11.8 Å². The Labute approximate surface area is 152 Å². The van der Waals surface area contributed by atoms with Gasteiger partial charge in [0.15, 0.2) is 0 Å². The largest absolute Gasteiger partial charge is 0.384 e. The fourth-order valence-electron chi connectivity index (χ4n) is 3.34. The van der Waals surface area contributed by atoms with Gasteiger partial charge in [-0.15, -0.1) is 0 Å². The van der Waals surface area contributed by atoms with Crippen molar-refractivity contribution in [1.82, 2.24) is 15.0 Å². The zero-order chi connectivity index (χ0) is 17.3. The van der Waals surface area contributed by atoms with E-state index >= 15 is 0 Å². The lowest BCUT2D eigenvalue weighted by atomic mass is 9.81. The van der Waals surface area contributed by atoms with Crippen LogP contribution in [0, 0.1) is 0 Å². The van der Waals surface area contributed by atoms with Gasteiger partial charge in [-0.1, -0.05) is 0 Å². The van der Waals surface area contributed by atoms with Crippen molar-refractivity contribution in [3.8, 4) is 11.3 Å². The van der Waals surface area contributed by atoms with Crippen molar-refractivity contribution in [3.05, 3.63) is 30.1 Å². The number of anilines is 2. The molecule has 0 aromatic carbocycles. The number of morpholine rings is 1. The topological polar surface area (TPSA) is 77.2 Å². The summed E-state index contributed by atoms with van der Waals surface area (Å²) in [7, 11) is 0. The fraction of sp³-hybridized carbons (Fsp3) is 0.500. The second-order valence-electron chi connectivity index (χ2n) is 6.56. The molecule has 6 nitrogen and oxygen atoms in total. The lowest BCUT2D eigenvalue weighted by molar-refractivity contribution is 0.122. The van der Waals surface area contributed by atoms with Crippen molar-refractivity contribution < 1.29 is 4.74 Å². The molecule has 3 heterocycles. The van der Waals surface area contributed by atoms with E-state index in [1.54, 1.807) is 6.20 Å². The first kappa shape index (κ1) is 16.6. The van der Waals surface area contributed by atoms with Crippen LogP contribution in [0.25, 0.3) is 11.3 Å². The Kier molecular flexibility index (Phi) is 4.52. The highest BCUT2D eigenvalue weighted by Crippen LogP contribution is 2.51. The summed E-state index contributed by atoms with van der Waals surface area (Å²) in [6.07, 6.45) is 7.58. The van der Waals surface area contributed by atoms with Crippen LogP contribution in [0.2, 0.25) is 0 Å². The first-order chi connectivity index (χ1) is 12.2. The number of ether oxygens (including phenoxy) is 1. The molecular formula is C18H23N5OS. The van der Waals surface area contributed by atoms with Gasteiger partial charge in [-0.05, 0) is 43.7 Å². The lowest BCUT2D eigenvalue weighted by Gasteiger charge is -2.40. The van der Waals surface area contributed by atoms with Gasteiger partial charge in [-0.25, -0.2) is 15.0 Å². The first-order valence-electron chi connectivity index (χ1n) is 8.69. The summed E-state index contributed by atoms with van der Waals surface area (Å²) in [4.78, 5) is 16.2. The SMILES string of the molecule is CSC1(c2cc(-c3ccc(N)nc3)nc(N3CCOCC3)n2)CCC1. The summed E-state index contributed by atoms with van der Waals surface area (Å²) in [5.41, 5.74) is 8.76. The number of hydrogen-bond donors (Lipinski definition) is 1. The summed E-state index contributed by atoms with van der Waals surface area (Å²) in [5, 5.41) is 0. The van der Waals surface area contributed by atoms with Crippen LogP contribution in [-0.2, 0) is 9.48 Å². The number of hydrogen-bond acceptors (Lipinski definition) is 7. The van der Waals surface area contributed by atoms with E-state index in [1.165, 1.54) is 19.3 Å². The van der Waals surface area contributed by atoms with E-state index < -0.39 is 0 Å². The van der Waals surface area contributed by atoms with Gasteiger partial charge in [-0.2, -0.15) is 11.8 Å². The van der Waals surface area contributed by atoms with Crippen molar-refractivity contribution in [2.24, 2.45) is 0 Å². The number of aromatic nitrogens is 3. The predicted molar refractivity (Wildman–Crippen MR) is 102 cm³/mol. The van der Waals surface area contributed by atoms with Crippen LogP contribution in [0.15, 0.2) is 24.4 Å². The Balaban J connectivity index is 1.78. The number of nitrogens with two attached hydrogens (primary N) is 1. The zero-order valence-electron chi connectivity index (χ0n) is 14.4. The first-order valence-corrected chi connectivity index (χ1v) is 9.92. The summed E-state index contributed by atoms with van der Waals surface area (Å²) in [6.45, 7) is 3.10. The maximum Gasteiger partial charge on any atom is 0.226 e. The van der Waals surface area contributed by atoms with Gasteiger partial charge in [0.25, 0.3) is 0 Å². The molecule has 1 saturated heterocycles. The van der Waals surface area contributed by atoms with Crippen molar-refractivity contribution in [2.45, 2.75) is 24.0 Å². The molecule has 4 rings (SSSR count). The standard InChI is InChI=1S/C18H23N5OS/c1-25-18(5-2-6-18)15-11-14(13-3-4-16(19)20-12-13)21-17(22-15)23-7-9-24-10-8-23/h3-4,11-12H,2,5-10H2,1H3,(H2,19,20). The van der Waals surface area contributed by atoms with Gasteiger partial charge < -0.3 is 15.4 Å². The molecule has 132 valence electrons. The number of nitrogens with zero attached hydrogens (tertiary/aromatic N) is 4. The minimum atomic E-state index is 0.125. The molecule has 7 heteroatoms. The van der Waals surface area contributed by atoms with E-state index in [4.69, 9.17) is 20.4 Å². The smallest absolute Gasteiger partial charge is 0.226 e. The number of thioether (sulfide) groups is 1. The highest BCUT2D eigenvalue weighted by molar-refractivity contribution is 7.99. The van der Waals surface area contributed by atoms with E-state index in [2.05, 4.69) is 22.2 Å². The van der Waals surface area contributed by atoms with E-state index in [0.29, 0.717) is 5.82 Å². The van der Waals surface area contributed by atoms with Gasteiger partial charge in [-0.3, -0.25) is 0 Å². The van der Waals surface area contributed by atoms with Crippen molar-refractivity contribution >= 4 is 23.5 Å². The predicted octanol–water partition coefficient (Wildman–Crippen LogP) is 2.70. The van der Waals surface area contributed by atoms with Crippen LogP contribution in [0.4, 0.5) is 11.8 Å². The molecule has 1 saturated carbocycles. The van der Waals surface area contributed by atoms with Crippen molar-refractivity contribution in [3.63, 3.8) is 0 Å². The average molecular weight is 357 g/mol. The van der Waals surface area contributed by atoms with Crippen molar-refractivity contribution in [2.75, 3.05) is 43.2 Å². The molecule has 0 bridgehead atoms. The van der Waals surface area contributed by atoms with Gasteiger partial charge in [0.2, 0.25) is 5.95 Å². The molecule has 0 atom stereocenters. The minimum Gasteiger partial charge on any atom is -0.384 e. The number of rotatable bonds is 4. The third-order valence-corrected chi connectivity index (χ3v) is 6.51. The summed E-state index contributed by atoms with van der Waals surface area (Å²) >= 11 is 1.90. The summed E-state index contributed by atoms with van der Waals surface area (Å²) in [5.74, 6) is 1.32. The van der Waals surface area contributed by atoms with E-state index in [1.807, 2.05) is 23.9 Å². The minimum absolute atomic E-state index is 0.125. The van der Waals surface area contributed by atoms with E-state index in [-0.39, 0.29) is 4.75 Å². The molecule has 1 aliphatic heterocycles. The molecular weight excluding hydrogens is 334 g/mol. The van der Waals surface area contributed by atoms with Gasteiger partial charge in [0, 0.05) is 24.8 Å². The molecule has 2 aromatic heterocycles. The molecule has 0 spiro atoms. The third kappa shape index (κ3) is 3.18. The van der Waals surface area contributed by atoms with Crippen LogP contribution < -0.4 is 10.6 Å². The highest BCUT2D eigenvalue weighted by atomic mass is 32.2. The molecule has 0 radical (unpaired) electrons. The van der Waals surface area contributed by atoms with Crippen LogP contribution in [0.3, 0.4) is 0 Å². The maximum absolute atomic E-state index is 5.73. The molecule has 0 unspecified atom stereocenters. The van der Waals surface area contributed by atoms with E-state index in [0.717, 1.165) is 49.2 Å². The van der Waals surface area contributed by atoms with E-state index in [9.17, 15) is 0 Å². The van der Waals surface area contributed by atoms with Crippen LogP contribution in [0.5, 0.6) is 0 Å². The molecule has 2 fully saturated rings. The summed E-state index contributed by atoms with van der Waals surface area (Å²) in [6, 6.07) is 5.93. The molecule has 2 N–H and O–H groups in total. The van der Waals surface area contributed by atoms with Gasteiger partial charge in [0.1, 0.15) is 5.82 Å². The van der Waals surface area contributed by atoms with Crippen LogP contribution in [-0.4, -0.2) is 47.5 Å². The number of nitrogen functional groups attached to an aromatic ring is 1. The highest BCUT2D eigenvalue weighted by Gasteiger charge is 2.40. The Bertz CT molecular complexity index is 736. The molecule has 0 amide bonds. The molecule has 1 aliphatic carbocycles. The fourth-order valence-corrected chi connectivity index (χ4v) is 4.35. The Hall–Kier alpha value is -1.86. The van der Waals surface area contributed by atoms with Crippen LogP contribution in [0.1, 0.15) is 25.0 Å². The maximum atomic E-state index is 5.73. The molecule has 2 aromatic rings. The normalized spacial score (nSPS) is 19.5. The molecule has 2 aliphatic rings. The number of pyridine rings is 1. The Morgan fingerprint density at radius 1 is 1.20 bits per heavy atom. The Morgan fingerprint density at radius 2 is 2.00 bits per heavy atom. The summed E-state index contributed by atoms with van der Waals surface area (Å²) < 4.78 is 5.60. The second kappa shape index (κ2) is 6.80. The zero-order valence-corrected chi connectivity index (χ0v) is 15.3. The monoisotopic (exact) mass is 357 g/mol. The Morgan fingerprint density at radius 3 is 2.60 bits per heavy atom. The third-order valence-electron chi connectivity index (χ3n) is 5.11. The van der Waals surface area contributed by atoms with Gasteiger partial charge in [0.05, 0.1) is 29.3 Å². The lowest BCUT2D eigenvalue weighted by Crippen LogP contribution is -2.38. The second-order valence-corrected chi connectivity index (χ2v) is 7.75. The van der Waals surface area contributed by atoms with Crippen molar-refractivity contribution in [1.29, 1.82) is 0 Å².